The molecule has 0 aliphatic rings. The maximum absolute atomic E-state index is 13.0. The van der Waals surface area contributed by atoms with Crippen LogP contribution in [0, 0.1) is 19.7 Å². The van der Waals surface area contributed by atoms with Gasteiger partial charge in [-0.05, 0) is 72.9 Å². The van der Waals surface area contributed by atoms with Crippen molar-refractivity contribution in [2.24, 2.45) is 0 Å². The van der Waals surface area contributed by atoms with E-state index in [2.05, 4.69) is 14.9 Å². The van der Waals surface area contributed by atoms with Crippen LogP contribution in [0.25, 0.3) is 11.3 Å². The summed E-state index contributed by atoms with van der Waals surface area (Å²) in [6, 6.07) is 11.7. The minimum Gasteiger partial charge on any atom is -0.321 e. The van der Waals surface area contributed by atoms with Crippen LogP contribution < -0.4 is 5.32 Å². The first-order valence-corrected chi connectivity index (χ1v) is 7.78. The molecule has 0 saturated carbocycles. The lowest BCUT2D eigenvalue weighted by molar-refractivity contribution is 0.103. The standard InChI is InChI=1S/C17H14FN3OS/c1-10-7-11(2)9-14(8-10)19-17(22)16-15(20-21-23-16)12-3-5-13(18)6-4-12/h3-9H,1-2H3,(H,19,22). The summed E-state index contributed by atoms with van der Waals surface area (Å²) in [5.41, 5.74) is 3.98. The van der Waals surface area contributed by atoms with Gasteiger partial charge in [0.2, 0.25) is 0 Å². The Balaban J connectivity index is 1.89. The van der Waals surface area contributed by atoms with Crippen molar-refractivity contribution in [2.45, 2.75) is 13.8 Å². The summed E-state index contributed by atoms with van der Waals surface area (Å²) >= 11 is 1.02. The van der Waals surface area contributed by atoms with Crippen LogP contribution in [0.4, 0.5) is 10.1 Å². The number of carbonyl (C=O) groups excluding carboxylic acids is 1. The van der Waals surface area contributed by atoms with Gasteiger partial charge >= 0.3 is 0 Å². The van der Waals surface area contributed by atoms with Gasteiger partial charge in [-0.25, -0.2) is 4.39 Å². The number of amides is 1. The Morgan fingerprint density at radius 1 is 1.09 bits per heavy atom. The van der Waals surface area contributed by atoms with Crippen LogP contribution in [0.2, 0.25) is 0 Å². The van der Waals surface area contributed by atoms with Gasteiger partial charge in [0.1, 0.15) is 16.4 Å². The summed E-state index contributed by atoms with van der Waals surface area (Å²) < 4.78 is 16.9. The van der Waals surface area contributed by atoms with Crippen molar-refractivity contribution in [1.82, 2.24) is 9.59 Å². The topological polar surface area (TPSA) is 54.9 Å². The summed E-state index contributed by atoms with van der Waals surface area (Å²) in [5, 5.41) is 6.86. The highest BCUT2D eigenvalue weighted by molar-refractivity contribution is 7.08. The first-order valence-electron chi connectivity index (χ1n) is 7.01. The molecule has 4 nitrogen and oxygen atoms in total. The minimum absolute atomic E-state index is 0.274. The van der Waals surface area contributed by atoms with Gasteiger partial charge in [0.15, 0.2) is 0 Å². The predicted octanol–water partition coefficient (Wildman–Crippen LogP) is 4.21. The van der Waals surface area contributed by atoms with E-state index < -0.39 is 0 Å². The molecule has 0 aliphatic carbocycles. The third kappa shape index (κ3) is 3.43. The average molecular weight is 327 g/mol. The van der Waals surface area contributed by atoms with Crippen molar-refractivity contribution < 1.29 is 9.18 Å². The Hall–Kier alpha value is -2.60. The van der Waals surface area contributed by atoms with Gasteiger partial charge in [0.05, 0.1) is 0 Å². The van der Waals surface area contributed by atoms with Crippen LogP contribution >= 0.6 is 11.5 Å². The van der Waals surface area contributed by atoms with Gasteiger partial charge < -0.3 is 5.32 Å². The highest BCUT2D eigenvalue weighted by Gasteiger charge is 2.18. The van der Waals surface area contributed by atoms with Gasteiger partial charge in [0, 0.05) is 11.3 Å². The molecule has 6 heteroatoms. The second-order valence-corrected chi connectivity index (χ2v) is 6.04. The van der Waals surface area contributed by atoms with E-state index in [0.717, 1.165) is 28.3 Å². The number of benzene rings is 2. The van der Waals surface area contributed by atoms with Gasteiger partial charge in [0.25, 0.3) is 5.91 Å². The van der Waals surface area contributed by atoms with E-state index in [1.807, 2.05) is 32.0 Å². The Labute approximate surface area is 137 Å². The number of aromatic nitrogens is 2. The van der Waals surface area contributed by atoms with Crippen molar-refractivity contribution in [3.8, 4) is 11.3 Å². The van der Waals surface area contributed by atoms with Crippen molar-refractivity contribution in [2.75, 3.05) is 5.32 Å². The van der Waals surface area contributed by atoms with Crippen LogP contribution in [0.15, 0.2) is 42.5 Å². The Morgan fingerprint density at radius 2 is 1.74 bits per heavy atom. The molecule has 0 unspecified atom stereocenters. The van der Waals surface area contributed by atoms with Gasteiger partial charge in [-0.2, -0.15) is 0 Å². The van der Waals surface area contributed by atoms with E-state index in [0.29, 0.717) is 16.1 Å². The fourth-order valence-electron chi connectivity index (χ4n) is 2.37. The fourth-order valence-corrected chi connectivity index (χ4v) is 2.95. The lowest BCUT2D eigenvalue weighted by Gasteiger charge is -2.07. The van der Waals surface area contributed by atoms with E-state index in [9.17, 15) is 9.18 Å². The minimum atomic E-state index is -0.335. The first kappa shape index (κ1) is 15.3. The number of halogens is 1. The lowest BCUT2D eigenvalue weighted by atomic mass is 10.1. The van der Waals surface area contributed by atoms with E-state index >= 15 is 0 Å². The highest BCUT2D eigenvalue weighted by Crippen LogP contribution is 2.25. The van der Waals surface area contributed by atoms with Crippen LogP contribution in [-0.2, 0) is 0 Å². The molecule has 3 aromatic rings. The number of hydrogen-bond donors (Lipinski definition) is 1. The van der Waals surface area contributed by atoms with Crippen molar-refractivity contribution in [1.29, 1.82) is 0 Å². The smallest absolute Gasteiger partial charge is 0.269 e. The molecule has 2 aromatic carbocycles. The highest BCUT2D eigenvalue weighted by atomic mass is 32.1. The largest absolute Gasteiger partial charge is 0.321 e. The Kier molecular flexibility index (Phi) is 4.16. The van der Waals surface area contributed by atoms with Crippen LogP contribution in [0.1, 0.15) is 20.8 Å². The van der Waals surface area contributed by atoms with Gasteiger partial charge in [-0.15, -0.1) is 5.10 Å². The second-order valence-electron chi connectivity index (χ2n) is 5.29. The molecule has 23 heavy (non-hydrogen) atoms. The molecule has 0 fully saturated rings. The summed E-state index contributed by atoms with van der Waals surface area (Å²) in [6.07, 6.45) is 0. The molecule has 0 bridgehead atoms. The van der Waals surface area contributed by atoms with Gasteiger partial charge in [-0.3, -0.25) is 4.79 Å². The molecule has 1 heterocycles. The fraction of sp³-hybridized carbons (Fsp3) is 0.118. The predicted molar refractivity (Wildman–Crippen MR) is 89.2 cm³/mol. The maximum atomic E-state index is 13.0. The average Bonchev–Trinajstić information content (AvgIpc) is 2.96. The summed E-state index contributed by atoms with van der Waals surface area (Å²) in [5.74, 6) is -0.609. The summed E-state index contributed by atoms with van der Waals surface area (Å²) in [4.78, 5) is 12.9. The quantitative estimate of drug-likeness (QED) is 0.784. The lowest BCUT2D eigenvalue weighted by Crippen LogP contribution is -2.11. The van der Waals surface area contributed by atoms with Crippen molar-refractivity contribution >= 4 is 23.1 Å². The number of anilines is 1. The number of aryl methyl sites for hydroxylation is 2. The number of hydrogen-bond acceptors (Lipinski definition) is 4. The zero-order chi connectivity index (χ0) is 16.4. The molecule has 1 aromatic heterocycles. The molecular formula is C17H14FN3OS. The third-order valence-corrected chi connectivity index (χ3v) is 4.02. The summed E-state index contributed by atoms with van der Waals surface area (Å²) in [7, 11) is 0. The molecule has 0 atom stereocenters. The monoisotopic (exact) mass is 327 g/mol. The van der Waals surface area contributed by atoms with E-state index in [-0.39, 0.29) is 11.7 Å². The van der Waals surface area contributed by atoms with E-state index in [4.69, 9.17) is 0 Å². The molecular weight excluding hydrogens is 313 g/mol. The number of nitrogens with zero attached hydrogens (tertiary/aromatic N) is 2. The Bertz CT molecular complexity index is 838. The van der Waals surface area contributed by atoms with E-state index in [1.54, 1.807) is 12.1 Å². The first-order chi connectivity index (χ1) is 11.0. The Morgan fingerprint density at radius 3 is 2.39 bits per heavy atom. The van der Waals surface area contributed by atoms with Crippen LogP contribution in [0.3, 0.4) is 0 Å². The SMILES string of the molecule is Cc1cc(C)cc(NC(=O)c2snnc2-c2ccc(F)cc2)c1. The van der Waals surface area contributed by atoms with E-state index in [1.165, 1.54) is 12.1 Å². The summed E-state index contributed by atoms with van der Waals surface area (Å²) in [6.45, 7) is 3.95. The van der Waals surface area contributed by atoms with Crippen LogP contribution in [0.5, 0.6) is 0 Å². The molecule has 0 radical (unpaired) electrons. The number of rotatable bonds is 3. The van der Waals surface area contributed by atoms with Crippen molar-refractivity contribution in [3.63, 3.8) is 0 Å². The molecule has 0 aliphatic heterocycles. The zero-order valence-corrected chi connectivity index (χ0v) is 13.4. The van der Waals surface area contributed by atoms with Crippen LogP contribution in [-0.4, -0.2) is 15.5 Å². The molecule has 1 N–H and O–H groups in total. The molecule has 116 valence electrons. The molecule has 0 saturated heterocycles. The molecule has 0 spiro atoms. The maximum Gasteiger partial charge on any atom is 0.269 e. The third-order valence-electron chi connectivity index (χ3n) is 3.29. The zero-order valence-electron chi connectivity index (χ0n) is 12.6. The second kappa shape index (κ2) is 6.26. The molecule has 1 amide bonds. The normalized spacial score (nSPS) is 10.6. The number of nitrogens with one attached hydrogen (secondary N) is 1. The molecule has 3 rings (SSSR count). The number of carbonyl (C=O) groups is 1. The van der Waals surface area contributed by atoms with Gasteiger partial charge in [-0.1, -0.05) is 10.6 Å². The van der Waals surface area contributed by atoms with Crippen molar-refractivity contribution in [3.05, 3.63) is 64.3 Å².